The van der Waals surface area contributed by atoms with E-state index < -0.39 is 33.4 Å². The van der Waals surface area contributed by atoms with Crippen LogP contribution in [0.25, 0.3) is 0 Å². The van der Waals surface area contributed by atoms with Gasteiger partial charge in [-0.05, 0) is 0 Å². The van der Waals surface area contributed by atoms with Gasteiger partial charge in [-0.2, -0.15) is 0 Å². The molecule has 0 aromatic carbocycles. The largest absolute Gasteiger partial charge is 0.481 e. The Morgan fingerprint density at radius 2 is 2.25 bits per heavy atom. The minimum absolute atomic E-state index is 0.0291. The van der Waals surface area contributed by atoms with Crippen molar-refractivity contribution in [3.63, 3.8) is 0 Å². The minimum Gasteiger partial charge on any atom is -0.481 e. The molecule has 1 aromatic heterocycles. The molecule has 0 radical (unpaired) electrons. The lowest BCUT2D eigenvalue weighted by Gasteiger charge is -2.53. The number of fused-ring (bicyclic) bond motifs is 1. The Labute approximate surface area is 169 Å². The molecule has 152 valence electrons. The molecule has 0 spiro atoms. The summed E-state index contributed by atoms with van der Waals surface area (Å²) >= 11 is 2.35. The number of β-lactam (4-membered cyclic amide) rings is 1. The van der Waals surface area contributed by atoms with Crippen LogP contribution in [0.1, 0.15) is 5.69 Å². The topological polar surface area (TPSA) is 146 Å². The van der Waals surface area contributed by atoms with Crippen molar-refractivity contribution < 1.29 is 27.9 Å². The smallest absolute Gasteiger partial charge is 0.316 e. The Bertz CT molecular complexity index is 945. The van der Waals surface area contributed by atoms with E-state index in [2.05, 4.69) is 21.6 Å². The van der Waals surface area contributed by atoms with Crippen LogP contribution < -0.4 is 10.0 Å². The Balaban J connectivity index is 1.57. The van der Waals surface area contributed by atoms with E-state index in [-0.39, 0.29) is 35.1 Å². The fourth-order valence-corrected chi connectivity index (χ4v) is 6.02. The highest BCUT2D eigenvalue weighted by atomic mass is 32.2. The number of hydrogen-bond acceptors (Lipinski definition) is 8. The number of rotatable bonds is 7. The van der Waals surface area contributed by atoms with Crippen LogP contribution in [0.15, 0.2) is 18.0 Å². The molecule has 10 nitrogen and oxygen atoms in total. The molecule has 13 heteroatoms. The van der Waals surface area contributed by atoms with Crippen molar-refractivity contribution in [2.75, 3.05) is 23.3 Å². The van der Waals surface area contributed by atoms with Gasteiger partial charge in [0, 0.05) is 17.7 Å². The summed E-state index contributed by atoms with van der Waals surface area (Å²) in [6, 6.07) is -0.721. The number of nitrogens with zero attached hydrogens (tertiary/aromatic N) is 2. The van der Waals surface area contributed by atoms with Crippen LogP contribution in [0.5, 0.6) is 0 Å². The summed E-state index contributed by atoms with van der Waals surface area (Å²) in [5, 5.41) is 13.5. The number of hydrogen-bond donors (Lipinski definition) is 3. The molecule has 28 heavy (non-hydrogen) atoms. The number of nitrogens with one attached hydrogen (secondary N) is 2. The van der Waals surface area contributed by atoms with Crippen LogP contribution >= 0.6 is 23.1 Å². The van der Waals surface area contributed by atoms with Crippen LogP contribution in [-0.2, 0) is 30.8 Å². The zero-order valence-electron chi connectivity index (χ0n) is 14.7. The second-order valence-corrected chi connectivity index (χ2v) is 10.3. The molecule has 1 aromatic rings. The molecule has 3 heterocycles. The molecule has 0 aliphatic carbocycles. The number of carboxylic acids is 1. The molecule has 3 rings (SSSR count). The third-order valence-corrected chi connectivity index (χ3v) is 7.45. The molecule has 0 saturated carbocycles. The summed E-state index contributed by atoms with van der Waals surface area (Å²) in [4.78, 5) is 41.6. The maximum atomic E-state index is 12.4. The average Bonchev–Trinajstić information content (AvgIpc) is 3.03. The number of carbonyl (C=O) groups excluding carboxylic acids is 2. The minimum atomic E-state index is -3.45. The number of aliphatic carboxylic acids is 1. The quantitative estimate of drug-likeness (QED) is 0.383. The normalized spacial score (nSPS) is 26.8. The van der Waals surface area contributed by atoms with E-state index in [1.165, 1.54) is 22.7 Å². The van der Waals surface area contributed by atoms with Crippen molar-refractivity contribution in [2.24, 2.45) is 5.41 Å². The highest BCUT2D eigenvalue weighted by Gasteiger charge is 2.56. The zero-order chi connectivity index (χ0) is 20.7. The average molecular weight is 447 g/mol. The second kappa shape index (κ2) is 7.37. The van der Waals surface area contributed by atoms with Gasteiger partial charge in [-0.1, -0.05) is 6.08 Å². The molecule has 2 amide bonds. The van der Waals surface area contributed by atoms with E-state index in [1.807, 2.05) is 0 Å². The van der Waals surface area contributed by atoms with E-state index in [1.54, 1.807) is 5.38 Å². The first kappa shape index (κ1) is 20.6. The van der Waals surface area contributed by atoms with Gasteiger partial charge in [0.15, 0.2) is 5.13 Å². The van der Waals surface area contributed by atoms with E-state index in [4.69, 9.17) is 0 Å². The van der Waals surface area contributed by atoms with Crippen molar-refractivity contribution in [2.45, 2.75) is 17.8 Å². The molecular formula is C15H18N4O6S3. The van der Waals surface area contributed by atoms with Gasteiger partial charge in [0.2, 0.25) is 21.8 Å². The molecular weight excluding hydrogens is 428 g/mol. The number of thiazole rings is 1. The number of carbonyl (C=O) groups is 3. The molecule has 3 N–H and O–H groups in total. The molecule has 3 atom stereocenters. The first-order valence-corrected chi connectivity index (χ1v) is 11.9. The highest BCUT2D eigenvalue weighted by Crippen LogP contribution is 2.42. The zero-order valence-corrected chi connectivity index (χ0v) is 17.2. The Kier molecular flexibility index (Phi) is 5.42. The third kappa shape index (κ3) is 4.00. The predicted octanol–water partition coefficient (Wildman–Crippen LogP) is -0.286. The number of thioether (sulfide) groups is 1. The number of amides is 2. The maximum absolute atomic E-state index is 12.4. The molecule has 0 bridgehead atoms. The standard InChI is InChI=1S/C15H18N4O6S3/c1-3-15(13(22)23)6-19-11(21)10(12(19)27-7-15)17-9(20)4-8-5-26-14(16-8)18-28(2,24)25/h3,5,10,12H,1,4,6-7H2,2H3,(H,16,18)(H,17,20)(H,22,23)/t10?,12-,15?/m1/s1. The summed E-state index contributed by atoms with van der Waals surface area (Å²) in [6.07, 6.45) is 2.25. The number of sulfonamides is 1. The van der Waals surface area contributed by atoms with E-state index in [9.17, 15) is 27.9 Å². The van der Waals surface area contributed by atoms with E-state index in [0.717, 1.165) is 17.6 Å². The number of carboxylic acid groups (broad SMARTS) is 1. The maximum Gasteiger partial charge on any atom is 0.316 e. The van der Waals surface area contributed by atoms with Gasteiger partial charge >= 0.3 is 5.97 Å². The van der Waals surface area contributed by atoms with Gasteiger partial charge in [-0.3, -0.25) is 19.1 Å². The van der Waals surface area contributed by atoms with Gasteiger partial charge in [0.25, 0.3) is 0 Å². The number of anilines is 1. The molecule has 2 aliphatic rings. The van der Waals surface area contributed by atoms with Crippen LogP contribution in [0.3, 0.4) is 0 Å². The van der Waals surface area contributed by atoms with Gasteiger partial charge in [-0.15, -0.1) is 29.7 Å². The van der Waals surface area contributed by atoms with Crippen LogP contribution in [0, 0.1) is 5.41 Å². The third-order valence-electron chi connectivity index (χ3n) is 4.40. The highest BCUT2D eigenvalue weighted by molar-refractivity contribution is 8.00. The summed E-state index contributed by atoms with van der Waals surface area (Å²) < 4.78 is 24.6. The van der Waals surface area contributed by atoms with Gasteiger partial charge in [0.05, 0.1) is 18.4 Å². The monoisotopic (exact) mass is 446 g/mol. The fourth-order valence-electron chi connectivity index (χ4n) is 2.92. The fraction of sp³-hybridized carbons (Fsp3) is 0.467. The SMILES string of the molecule is C=CC1(C(=O)O)CS[C@@H]2C(NC(=O)Cc3csc(NS(C)(=O)=O)n3)C(=O)N2C1. The molecule has 2 unspecified atom stereocenters. The van der Waals surface area contributed by atoms with Crippen molar-refractivity contribution >= 4 is 56.0 Å². The lowest BCUT2D eigenvalue weighted by molar-refractivity contribution is -0.156. The van der Waals surface area contributed by atoms with Crippen molar-refractivity contribution in [1.29, 1.82) is 0 Å². The van der Waals surface area contributed by atoms with E-state index in [0.29, 0.717) is 5.69 Å². The summed E-state index contributed by atoms with van der Waals surface area (Å²) in [5.41, 5.74) is -0.805. The second-order valence-electron chi connectivity index (χ2n) is 6.57. The predicted molar refractivity (Wildman–Crippen MR) is 104 cm³/mol. The lowest BCUT2D eigenvalue weighted by atomic mass is 9.87. The van der Waals surface area contributed by atoms with Crippen molar-refractivity contribution in [3.05, 3.63) is 23.7 Å². The Morgan fingerprint density at radius 3 is 2.86 bits per heavy atom. The summed E-state index contributed by atoms with van der Waals surface area (Å²) in [7, 11) is -3.45. The van der Waals surface area contributed by atoms with Gasteiger partial charge in [0.1, 0.15) is 16.8 Å². The first-order chi connectivity index (χ1) is 13.0. The summed E-state index contributed by atoms with van der Waals surface area (Å²) in [6.45, 7) is 3.60. The van der Waals surface area contributed by atoms with Gasteiger partial charge in [-0.25, -0.2) is 13.4 Å². The molecule has 2 fully saturated rings. The summed E-state index contributed by atoms with van der Waals surface area (Å²) in [5.74, 6) is -1.53. The first-order valence-electron chi connectivity index (χ1n) is 8.05. The van der Waals surface area contributed by atoms with Crippen molar-refractivity contribution in [1.82, 2.24) is 15.2 Å². The van der Waals surface area contributed by atoms with E-state index >= 15 is 0 Å². The molecule has 2 aliphatic heterocycles. The lowest BCUT2D eigenvalue weighted by Crippen LogP contribution is -2.73. The van der Waals surface area contributed by atoms with Crippen molar-refractivity contribution in [3.8, 4) is 0 Å². The Hall–Kier alpha value is -2.12. The van der Waals surface area contributed by atoms with Crippen LogP contribution in [0.4, 0.5) is 5.13 Å². The van der Waals surface area contributed by atoms with Crippen LogP contribution in [0.2, 0.25) is 0 Å². The number of aromatic nitrogens is 1. The molecule has 2 saturated heterocycles. The van der Waals surface area contributed by atoms with Crippen LogP contribution in [-0.4, -0.2) is 71.2 Å². The Morgan fingerprint density at radius 1 is 1.54 bits per heavy atom. The van der Waals surface area contributed by atoms with Gasteiger partial charge < -0.3 is 15.3 Å².